The van der Waals surface area contributed by atoms with Gasteiger partial charge in [-0.1, -0.05) is 67.6 Å². The van der Waals surface area contributed by atoms with Crippen molar-refractivity contribution in [1.29, 1.82) is 0 Å². The van der Waals surface area contributed by atoms with Gasteiger partial charge in [0, 0.05) is 12.0 Å². The van der Waals surface area contributed by atoms with Crippen LogP contribution in [0.2, 0.25) is 0 Å². The van der Waals surface area contributed by atoms with Gasteiger partial charge in [-0.3, -0.25) is 9.69 Å². The molecule has 5 aromatic rings. The van der Waals surface area contributed by atoms with Crippen molar-refractivity contribution in [3.05, 3.63) is 82.2 Å². The molecule has 0 spiro atoms. The third-order valence-electron chi connectivity index (χ3n) is 6.82. The van der Waals surface area contributed by atoms with Crippen LogP contribution in [0.5, 0.6) is 0 Å². The fourth-order valence-corrected chi connectivity index (χ4v) is 5.95. The Morgan fingerprint density at radius 2 is 1.97 bits per heavy atom. The van der Waals surface area contributed by atoms with Gasteiger partial charge in [0.2, 0.25) is 0 Å². The van der Waals surface area contributed by atoms with Gasteiger partial charge in [-0.2, -0.15) is 0 Å². The van der Waals surface area contributed by atoms with E-state index in [1.54, 1.807) is 17.0 Å². The van der Waals surface area contributed by atoms with Gasteiger partial charge in [0.05, 0.1) is 22.9 Å². The molecule has 6 nitrogen and oxygen atoms in total. The second kappa shape index (κ2) is 9.15. The highest BCUT2D eigenvalue weighted by Gasteiger charge is 2.29. The van der Waals surface area contributed by atoms with E-state index < -0.39 is 11.5 Å². The Labute approximate surface area is 212 Å². The summed E-state index contributed by atoms with van der Waals surface area (Å²) in [5.74, 6) is -0.119. The first-order chi connectivity index (χ1) is 17.5. The standard InChI is InChI=1S/C29H26N2O4S/c1-17(2)20-10-5-11-25-26(20)30-29(36-25)31(16-19-8-6-14-34-19)27(32)23-15-22-21-9-4-3-7-18(21)12-13-24(22)35-28(23)33/h3-5,7,9-13,15,17,19H,6,8,14,16H2,1-2H3. The summed E-state index contributed by atoms with van der Waals surface area (Å²) in [5, 5.41) is 3.25. The SMILES string of the molecule is CC(C)c1cccc2sc(N(CC3CCCO3)C(=O)c3cc4c(ccc5ccccc54)oc3=O)nc12. The van der Waals surface area contributed by atoms with E-state index in [-0.39, 0.29) is 11.7 Å². The number of para-hydroxylation sites is 1. The summed E-state index contributed by atoms with van der Waals surface area (Å²) in [6, 6.07) is 19.3. The van der Waals surface area contributed by atoms with Crippen molar-refractivity contribution in [2.24, 2.45) is 0 Å². The molecule has 3 aromatic carbocycles. The first kappa shape index (κ1) is 22.9. The Morgan fingerprint density at radius 3 is 2.78 bits per heavy atom. The van der Waals surface area contributed by atoms with Crippen molar-refractivity contribution in [1.82, 2.24) is 4.98 Å². The summed E-state index contributed by atoms with van der Waals surface area (Å²) in [6.45, 7) is 5.28. The number of hydrogen-bond acceptors (Lipinski definition) is 6. The summed E-state index contributed by atoms with van der Waals surface area (Å²) < 4.78 is 12.5. The van der Waals surface area contributed by atoms with E-state index in [4.69, 9.17) is 14.1 Å². The summed E-state index contributed by atoms with van der Waals surface area (Å²) in [4.78, 5) is 33.5. The minimum Gasteiger partial charge on any atom is -0.422 e. The molecule has 1 aliphatic heterocycles. The number of thiazole rings is 1. The Hall–Kier alpha value is -3.55. The average Bonchev–Trinajstić information content (AvgIpc) is 3.55. The lowest BCUT2D eigenvalue weighted by Gasteiger charge is -2.22. The molecule has 3 heterocycles. The number of aromatic nitrogens is 1. The van der Waals surface area contributed by atoms with Crippen LogP contribution >= 0.6 is 11.3 Å². The molecule has 2 aromatic heterocycles. The predicted octanol–water partition coefficient (Wildman–Crippen LogP) is 6.51. The number of amides is 1. The molecule has 1 aliphatic rings. The lowest BCUT2D eigenvalue weighted by atomic mass is 10.0. The number of hydrogen-bond donors (Lipinski definition) is 0. The van der Waals surface area contributed by atoms with Gasteiger partial charge in [0.25, 0.3) is 5.91 Å². The quantitative estimate of drug-likeness (QED) is 0.204. The number of fused-ring (bicyclic) bond motifs is 4. The van der Waals surface area contributed by atoms with Gasteiger partial charge in [-0.05, 0) is 53.3 Å². The summed E-state index contributed by atoms with van der Waals surface area (Å²) in [6.07, 6.45) is 1.72. The van der Waals surface area contributed by atoms with Crippen molar-refractivity contribution >= 4 is 54.3 Å². The molecule has 182 valence electrons. The zero-order valence-electron chi connectivity index (χ0n) is 20.2. The zero-order valence-corrected chi connectivity index (χ0v) is 21.0. The highest BCUT2D eigenvalue weighted by atomic mass is 32.1. The van der Waals surface area contributed by atoms with Gasteiger partial charge in [0.1, 0.15) is 11.1 Å². The molecule has 0 aliphatic carbocycles. The van der Waals surface area contributed by atoms with Crippen molar-refractivity contribution in [3.63, 3.8) is 0 Å². The van der Waals surface area contributed by atoms with Crippen molar-refractivity contribution < 1.29 is 13.9 Å². The van der Waals surface area contributed by atoms with E-state index in [2.05, 4.69) is 19.9 Å². The second-order valence-corrected chi connectivity index (χ2v) is 10.6. The molecule has 1 atom stereocenters. The molecule has 0 bridgehead atoms. The maximum atomic E-state index is 14.0. The van der Waals surface area contributed by atoms with Crippen LogP contribution in [0, 0.1) is 0 Å². The van der Waals surface area contributed by atoms with Gasteiger partial charge in [-0.25, -0.2) is 9.78 Å². The third-order valence-corrected chi connectivity index (χ3v) is 7.86. The van der Waals surface area contributed by atoms with Crippen molar-refractivity contribution in [2.45, 2.75) is 38.7 Å². The molecular formula is C29H26N2O4S. The van der Waals surface area contributed by atoms with Crippen LogP contribution in [-0.4, -0.2) is 30.1 Å². The highest BCUT2D eigenvalue weighted by Crippen LogP contribution is 2.35. The molecule has 1 saturated heterocycles. The fourth-order valence-electron chi connectivity index (χ4n) is 4.95. The Kier molecular flexibility index (Phi) is 5.82. The lowest BCUT2D eigenvalue weighted by molar-refractivity contribution is 0.0914. The van der Waals surface area contributed by atoms with Crippen LogP contribution in [0.4, 0.5) is 5.13 Å². The van der Waals surface area contributed by atoms with E-state index >= 15 is 0 Å². The van der Waals surface area contributed by atoms with E-state index in [0.29, 0.717) is 29.8 Å². The first-order valence-electron chi connectivity index (χ1n) is 12.3. The molecule has 7 heteroatoms. The molecule has 6 rings (SSSR count). The number of anilines is 1. The first-order valence-corrected chi connectivity index (χ1v) is 13.1. The van der Waals surface area contributed by atoms with Crippen LogP contribution in [0.25, 0.3) is 32.0 Å². The maximum absolute atomic E-state index is 14.0. The van der Waals surface area contributed by atoms with Crippen LogP contribution in [0.1, 0.15) is 48.5 Å². The second-order valence-electron chi connectivity index (χ2n) is 9.54. The van der Waals surface area contributed by atoms with E-state index in [9.17, 15) is 9.59 Å². The van der Waals surface area contributed by atoms with Gasteiger partial charge in [0.15, 0.2) is 5.13 Å². The van der Waals surface area contributed by atoms with E-state index in [1.165, 1.54) is 11.3 Å². The van der Waals surface area contributed by atoms with Crippen molar-refractivity contribution in [3.8, 4) is 0 Å². The fraction of sp³-hybridized carbons (Fsp3) is 0.276. The molecule has 0 N–H and O–H groups in total. The number of benzene rings is 3. The summed E-state index contributed by atoms with van der Waals surface area (Å²) >= 11 is 1.46. The van der Waals surface area contributed by atoms with Crippen LogP contribution in [0.3, 0.4) is 0 Å². The number of nitrogens with zero attached hydrogens (tertiary/aromatic N) is 2. The minimum atomic E-state index is -0.649. The van der Waals surface area contributed by atoms with Gasteiger partial charge in [-0.15, -0.1) is 0 Å². The Balaban J connectivity index is 1.49. The van der Waals surface area contributed by atoms with Crippen LogP contribution < -0.4 is 10.5 Å². The number of ether oxygens (including phenoxy) is 1. The normalized spacial score (nSPS) is 15.9. The smallest absolute Gasteiger partial charge is 0.349 e. The average molecular weight is 499 g/mol. The van der Waals surface area contributed by atoms with Gasteiger partial charge >= 0.3 is 5.63 Å². The Morgan fingerprint density at radius 1 is 1.11 bits per heavy atom. The highest BCUT2D eigenvalue weighted by molar-refractivity contribution is 7.22. The zero-order chi connectivity index (χ0) is 24.8. The van der Waals surface area contributed by atoms with E-state index in [1.807, 2.05) is 42.5 Å². The van der Waals surface area contributed by atoms with Crippen LogP contribution in [0.15, 0.2) is 69.9 Å². The molecule has 0 radical (unpaired) electrons. The van der Waals surface area contributed by atoms with Crippen molar-refractivity contribution in [2.75, 3.05) is 18.1 Å². The maximum Gasteiger partial charge on any atom is 0.349 e. The molecule has 0 saturated carbocycles. The number of carbonyl (C=O) groups excluding carboxylic acids is 1. The third kappa shape index (κ3) is 3.98. The topological polar surface area (TPSA) is 72.6 Å². The molecular weight excluding hydrogens is 472 g/mol. The predicted molar refractivity (Wildman–Crippen MR) is 144 cm³/mol. The summed E-state index contributed by atoms with van der Waals surface area (Å²) in [7, 11) is 0. The monoisotopic (exact) mass is 498 g/mol. The molecule has 1 unspecified atom stereocenters. The molecule has 1 amide bonds. The number of rotatable bonds is 5. The molecule has 1 fully saturated rings. The Bertz CT molecular complexity index is 1660. The largest absolute Gasteiger partial charge is 0.422 e. The molecule has 36 heavy (non-hydrogen) atoms. The van der Waals surface area contributed by atoms with Crippen LogP contribution in [-0.2, 0) is 4.74 Å². The number of carbonyl (C=O) groups is 1. The van der Waals surface area contributed by atoms with E-state index in [0.717, 1.165) is 44.8 Å². The summed E-state index contributed by atoms with van der Waals surface area (Å²) in [5.41, 5.74) is 1.84. The lowest BCUT2D eigenvalue weighted by Crippen LogP contribution is -2.39. The minimum absolute atomic E-state index is 0.000175. The van der Waals surface area contributed by atoms with Gasteiger partial charge < -0.3 is 9.15 Å².